The quantitative estimate of drug-likeness (QED) is 0.209. The van der Waals surface area contributed by atoms with Gasteiger partial charge in [0.2, 0.25) is 17.7 Å². The van der Waals surface area contributed by atoms with Crippen LogP contribution in [-0.4, -0.2) is 52.7 Å². The Bertz CT molecular complexity index is 1340. The first kappa shape index (κ1) is 37.4. The van der Waals surface area contributed by atoms with E-state index in [0.717, 1.165) is 30.6 Å². The highest BCUT2D eigenvalue weighted by atomic mass is 16.5. The van der Waals surface area contributed by atoms with Crippen molar-refractivity contribution in [1.29, 1.82) is 0 Å². The van der Waals surface area contributed by atoms with Gasteiger partial charge in [-0.2, -0.15) is 0 Å². The minimum atomic E-state index is -1.06. The lowest BCUT2D eigenvalue weighted by Crippen LogP contribution is -2.54. The Hall–Kier alpha value is -3.07. The van der Waals surface area contributed by atoms with E-state index in [-0.39, 0.29) is 57.9 Å². The maximum absolute atomic E-state index is 13.4. The smallest absolute Gasteiger partial charge is 0.264 e. The second-order valence-corrected chi connectivity index (χ2v) is 17.2. The molecule has 9 nitrogen and oxygen atoms in total. The van der Waals surface area contributed by atoms with Gasteiger partial charge in [-0.1, -0.05) is 68.4 Å². The summed E-state index contributed by atoms with van der Waals surface area (Å²) in [6, 6.07) is 3.66. The fourth-order valence-electron chi connectivity index (χ4n) is 7.87. The number of benzene rings is 1. The Morgan fingerprint density at radius 3 is 2.20 bits per heavy atom. The third-order valence-corrected chi connectivity index (χ3v) is 9.06. The Morgan fingerprint density at radius 2 is 1.59 bits per heavy atom. The monoisotopic (exact) mass is 639 g/mol. The Labute approximate surface area is 276 Å². The molecule has 3 rings (SSSR count). The minimum absolute atomic E-state index is 0.000677. The zero-order chi connectivity index (χ0) is 34.8. The number of piperidine rings is 1. The van der Waals surface area contributed by atoms with Gasteiger partial charge in [-0.05, 0) is 86.7 Å². The summed E-state index contributed by atoms with van der Waals surface area (Å²) in [5.74, 6) is -2.37. The highest BCUT2D eigenvalue weighted by Gasteiger charge is 2.46. The average Bonchev–Trinajstić information content (AvgIpc) is 3.11. The Morgan fingerprint density at radius 1 is 0.935 bits per heavy atom. The number of anilines is 1. The van der Waals surface area contributed by atoms with Gasteiger partial charge in [0.15, 0.2) is 0 Å². The summed E-state index contributed by atoms with van der Waals surface area (Å²) in [7, 11) is 0. The van der Waals surface area contributed by atoms with Gasteiger partial charge in [-0.25, -0.2) is 0 Å². The predicted octanol–water partition coefficient (Wildman–Crippen LogP) is 7.14. The molecule has 3 unspecified atom stereocenters. The first-order valence-electron chi connectivity index (χ1n) is 16.8. The lowest BCUT2D eigenvalue weighted by Gasteiger charge is -2.37. The van der Waals surface area contributed by atoms with Crippen molar-refractivity contribution in [1.82, 2.24) is 10.2 Å². The third-order valence-electron chi connectivity index (χ3n) is 9.06. The fourth-order valence-corrected chi connectivity index (χ4v) is 7.87. The number of carbonyl (C=O) groups excluding carboxylic acids is 5. The lowest BCUT2D eigenvalue weighted by molar-refractivity contribution is -0.136. The van der Waals surface area contributed by atoms with Crippen molar-refractivity contribution in [2.24, 2.45) is 28.1 Å². The summed E-state index contributed by atoms with van der Waals surface area (Å²) in [6.07, 6.45) is 4.72. The number of fused-ring (bicyclic) bond motifs is 1. The summed E-state index contributed by atoms with van der Waals surface area (Å²) in [6.45, 7) is 24.9. The van der Waals surface area contributed by atoms with Gasteiger partial charge in [0.1, 0.15) is 6.04 Å². The van der Waals surface area contributed by atoms with Crippen LogP contribution in [-0.2, 0) is 19.1 Å². The summed E-state index contributed by atoms with van der Waals surface area (Å²) in [5.41, 5.74) is 0.421. The summed E-state index contributed by atoms with van der Waals surface area (Å²) in [4.78, 5) is 65.0. The van der Waals surface area contributed by atoms with E-state index in [9.17, 15) is 24.0 Å². The van der Waals surface area contributed by atoms with E-state index < -0.39 is 29.7 Å². The van der Waals surface area contributed by atoms with Crippen LogP contribution < -0.4 is 10.6 Å². The first-order chi connectivity index (χ1) is 21.0. The molecule has 2 N–H and O–H groups in total. The summed E-state index contributed by atoms with van der Waals surface area (Å²) < 4.78 is 6.40. The van der Waals surface area contributed by atoms with E-state index in [1.807, 2.05) is 6.92 Å². The summed E-state index contributed by atoms with van der Waals surface area (Å²) >= 11 is 0. The predicted molar refractivity (Wildman–Crippen MR) is 180 cm³/mol. The molecular weight excluding hydrogens is 582 g/mol. The molecule has 256 valence electrons. The van der Waals surface area contributed by atoms with Crippen molar-refractivity contribution < 1.29 is 28.7 Å². The van der Waals surface area contributed by atoms with Crippen LogP contribution in [0, 0.1) is 28.1 Å². The van der Waals surface area contributed by atoms with E-state index in [2.05, 4.69) is 79.9 Å². The van der Waals surface area contributed by atoms with Crippen LogP contribution in [0.2, 0.25) is 0 Å². The van der Waals surface area contributed by atoms with Gasteiger partial charge in [0, 0.05) is 18.9 Å². The molecule has 0 bridgehead atoms. The number of nitrogens with zero attached hydrogens (tertiary/aromatic N) is 1. The highest BCUT2D eigenvalue weighted by Crippen LogP contribution is 2.41. The minimum Gasteiger partial charge on any atom is -0.376 e. The van der Waals surface area contributed by atoms with Crippen LogP contribution in [0.25, 0.3) is 0 Å². The van der Waals surface area contributed by atoms with Crippen molar-refractivity contribution in [3.05, 3.63) is 29.3 Å². The molecule has 0 radical (unpaired) electrons. The van der Waals surface area contributed by atoms with Crippen molar-refractivity contribution in [3.8, 4) is 0 Å². The molecule has 0 saturated carbocycles. The Balaban J connectivity index is 1.58. The van der Waals surface area contributed by atoms with Crippen LogP contribution in [0.15, 0.2) is 18.2 Å². The zero-order valence-electron chi connectivity index (χ0n) is 30.0. The summed E-state index contributed by atoms with van der Waals surface area (Å²) in [5, 5.41) is 5.09. The second kappa shape index (κ2) is 14.0. The molecule has 1 aromatic rings. The van der Waals surface area contributed by atoms with Crippen LogP contribution >= 0.6 is 0 Å². The van der Waals surface area contributed by atoms with E-state index in [1.54, 1.807) is 12.1 Å². The molecule has 3 atom stereocenters. The van der Waals surface area contributed by atoms with E-state index in [0.29, 0.717) is 24.4 Å². The third kappa shape index (κ3) is 9.96. The van der Waals surface area contributed by atoms with Crippen LogP contribution in [0.3, 0.4) is 0 Å². The zero-order valence-corrected chi connectivity index (χ0v) is 30.0. The van der Waals surface area contributed by atoms with Gasteiger partial charge in [0.25, 0.3) is 11.8 Å². The second-order valence-electron chi connectivity index (χ2n) is 17.2. The molecule has 1 fully saturated rings. The highest BCUT2D eigenvalue weighted by molar-refractivity contribution is 6.26. The largest absolute Gasteiger partial charge is 0.376 e. The Kier molecular flexibility index (Phi) is 11.3. The molecule has 5 amide bonds. The standard InChI is InChI=1S/C37H57N3O6/c1-23(19-34(3,4)5)20-37(10,11)46-18-17-35(6,7)22-36(8,9)21-24(2)30(42)38-26-14-12-13-25-29(26)33(45)40(32(25)44)27-15-16-28(41)39-31(27)43/h12-14,23-24,27H,15-22H2,1-11H3,(H,38,42)(H,39,41,43). The number of ether oxygens (including phenoxy) is 1. The average molecular weight is 640 g/mol. The fraction of sp³-hybridized carbons (Fsp3) is 0.703. The number of rotatable bonds is 14. The van der Waals surface area contributed by atoms with Crippen molar-refractivity contribution in [3.63, 3.8) is 0 Å². The molecule has 0 aromatic heterocycles. The molecule has 46 heavy (non-hydrogen) atoms. The number of hydrogen-bond acceptors (Lipinski definition) is 6. The maximum Gasteiger partial charge on any atom is 0.264 e. The number of amides is 5. The first-order valence-corrected chi connectivity index (χ1v) is 16.8. The number of carbonyl (C=O) groups is 5. The topological polar surface area (TPSA) is 122 Å². The lowest BCUT2D eigenvalue weighted by atomic mass is 9.70. The molecule has 1 aromatic carbocycles. The van der Waals surface area contributed by atoms with E-state index in [4.69, 9.17) is 4.74 Å². The van der Waals surface area contributed by atoms with Gasteiger partial charge in [0.05, 0.1) is 22.4 Å². The van der Waals surface area contributed by atoms with E-state index in [1.165, 1.54) is 6.07 Å². The molecule has 2 aliphatic rings. The van der Waals surface area contributed by atoms with Crippen LogP contribution in [0.5, 0.6) is 0 Å². The molecule has 1 saturated heterocycles. The number of nitrogens with one attached hydrogen (secondary N) is 2. The maximum atomic E-state index is 13.4. The molecule has 0 spiro atoms. The van der Waals surface area contributed by atoms with Crippen LogP contribution in [0.4, 0.5) is 5.69 Å². The molecule has 2 aliphatic heterocycles. The molecular formula is C37H57N3O6. The van der Waals surface area contributed by atoms with E-state index >= 15 is 0 Å². The normalized spacial score (nSPS) is 19.2. The molecule has 2 heterocycles. The SMILES string of the molecule is CC(CC(C)(C)C)CC(C)(C)OCCC(C)(C)CC(C)(C)CC(C)C(=O)Nc1cccc2c1C(=O)N(C1CCC(=O)NC1=O)C2=O. The number of hydrogen-bond donors (Lipinski definition) is 2. The van der Waals surface area contributed by atoms with Crippen molar-refractivity contribution >= 4 is 35.2 Å². The van der Waals surface area contributed by atoms with Gasteiger partial charge in [-0.15, -0.1) is 0 Å². The molecule has 0 aliphatic carbocycles. The number of imide groups is 2. The van der Waals surface area contributed by atoms with Gasteiger partial charge < -0.3 is 10.1 Å². The van der Waals surface area contributed by atoms with Crippen LogP contribution in [0.1, 0.15) is 142 Å². The van der Waals surface area contributed by atoms with Gasteiger partial charge >= 0.3 is 0 Å². The van der Waals surface area contributed by atoms with Gasteiger partial charge in [-0.3, -0.25) is 34.2 Å². The molecule has 9 heteroatoms. The van der Waals surface area contributed by atoms with Crippen molar-refractivity contribution in [2.45, 2.75) is 133 Å². The van der Waals surface area contributed by atoms with Crippen molar-refractivity contribution in [2.75, 3.05) is 11.9 Å².